The molecule has 0 radical (unpaired) electrons. The molecule has 1 heterocycles. The molecule has 4 nitrogen and oxygen atoms in total. The number of carboxylic acid groups (broad SMARTS) is 1. The van der Waals surface area contributed by atoms with Gasteiger partial charge < -0.3 is 15.3 Å². The summed E-state index contributed by atoms with van der Waals surface area (Å²) >= 11 is 0. The van der Waals surface area contributed by atoms with Crippen LogP contribution in [0.15, 0.2) is 24.3 Å². The fourth-order valence-electron chi connectivity index (χ4n) is 2.26. The molecule has 1 aromatic rings. The highest BCUT2D eigenvalue weighted by Crippen LogP contribution is 2.17. The molecule has 0 spiro atoms. The van der Waals surface area contributed by atoms with Gasteiger partial charge in [0.05, 0.1) is 5.56 Å². The molecule has 1 fully saturated rings. The summed E-state index contributed by atoms with van der Waals surface area (Å²) in [6.07, 6.45) is 2.47. The van der Waals surface area contributed by atoms with E-state index in [0.29, 0.717) is 5.56 Å². The zero-order valence-electron chi connectivity index (χ0n) is 10.7. The third-order valence-electron chi connectivity index (χ3n) is 3.56. The van der Waals surface area contributed by atoms with Crippen LogP contribution in [0.25, 0.3) is 0 Å². The molecule has 0 atom stereocenters. The van der Waals surface area contributed by atoms with Crippen LogP contribution in [0.1, 0.15) is 23.2 Å². The van der Waals surface area contributed by atoms with Crippen molar-refractivity contribution < 1.29 is 9.90 Å². The van der Waals surface area contributed by atoms with Crippen molar-refractivity contribution in [2.75, 3.05) is 32.0 Å². The first kappa shape index (κ1) is 12.9. The van der Waals surface area contributed by atoms with E-state index in [1.54, 1.807) is 12.1 Å². The molecule has 1 aromatic carbocycles. The van der Waals surface area contributed by atoms with E-state index in [4.69, 9.17) is 5.11 Å². The van der Waals surface area contributed by atoms with Gasteiger partial charge in [0.1, 0.15) is 0 Å². The highest BCUT2D eigenvalue weighted by atomic mass is 16.4. The highest BCUT2D eigenvalue weighted by Gasteiger charge is 2.16. The summed E-state index contributed by atoms with van der Waals surface area (Å²) in [7, 11) is 2.16. The highest BCUT2D eigenvalue weighted by molar-refractivity contribution is 5.87. The molecule has 0 aliphatic carbocycles. The molecule has 0 unspecified atom stereocenters. The molecule has 2 rings (SSSR count). The number of carboxylic acids is 1. The Morgan fingerprint density at radius 3 is 2.50 bits per heavy atom. The third-order valence-corrected chi connectivity index (χ3v) is 3.56. The van der Waals surface area contributed by atoms with Crippen LogP contribution in [0.2, 0.25) is 0 Å². The van der Waals surface area contributed by atoms with Crippen molar-refractivity contribution in [1.82, 2.24) is 4.90 Å². The second kappa shape index (κ2) is 5.87. The Balaban J connectivity index is 1.81. The normalized spacial score (nSPS) is 17.6. The van der Waals surface area contributed by atoms with Gasteiger partial charge in [-0.15, -0.1) is 0 Å². The van der Waals surface area contributed by atoms with Gasteiger partial charge in [0.2, 0.25) is 0 Å². The van der Waals surface area contributed by atoms with Crippen LogP contribution in [0, 0.1) is 5.92 Å². The number of nitrogens with zero attached hydrogens (tertiary/aromatic N) is 1. The molecule has 1 saturated heterocycles. The second-order valence-electron chi connectivity index (χ2n) is 5.01. The number of benzene rings is 1. The van der Waals surface area contributed by atoms with Gasteiger partial charge >= 0.3 is 5.97 Å². The largest absolute Gasteiger partial charge is 0.478 e. The standard InChI is InChI=1S/C14H20N2O2/c1-16-8-6-11(7-9-16)10-15-13-4-2-12(3-5-13)14(17)18/h2-5,11,15H,6-10H2,1H3,(H,17,18). The Morgan fingerprint density at radius 1 is 1.33 bits per heavy atom. The van der Waals surface area contributed by atoms with Crippen molar-refractivity contribution in [2.45, 2.75) is 12.8 Å². The summed E-state index contributed by atoms with van der Waals surface area (Å²) in [6.45, 7) is 3.31. The lowest BCUT2D eigenvalue weighted by molar-refractivity contribution is 0.0697. The summed E-state index contributed by atoms with van der Waals surface area (Å²) in [5.41, 5.74) is 1.33. The molecule has 1 aliphatic heterocycles. The Labute approximate surface area is 108 Å². The van der Waals surface area contributed by atoms with Gasteiger partial charge in [-0.05, 0) is 63.2 Å². The van der Waals surface area contributed by atoms with Crippen LogP contribution in [-0.4, -0.2) is 42.7 Å². The third kappa shape index (κ3) is 3.47. The van der Waals surface area contributed by atoms with E-state index in [0.717, 1.165) is 18.2 Å². The fourth-order valence-corrected chi connectivity index (χ4v) is 2.26. The number of hydrogen-bond donors (Lipinski definition) is 2. The van der Waals surface area contributed by atoms with E-state index in [2.05, 4.69) is 17.3 Å². The van der Waals surface area contributed by atoms with Crippen LogP contribution < -0.4 is 5.32 Å². The molecule has 0 aromatic heterocycles. The van der Waals surface area contributed by atoms with Crippen LogP contribution in [0.3, 0.4) is 0 Å². The molecular weight excluding hydrogens is 228 g/mol. The van der Waals surface area contributed by atoms with Crippen molar-refractivity contribution in [3.05, 3.63) is 29.8 Å². The lowest BCUT2D eigenvalue weighted by Gasteiger charge is -2.29. The summed E-state index contributed by atoms with van der Waals surface area (Å²) < 4.78 is 0. The molecule has 1 aliphatic rings. The van der Waals surface area contributed by atoms with Crippen molar-refractivity contribution in [1.29, 1.82) is 0 Å². The lowest BCUT2D eigenvalue weighted by Crippen LogP contribution is -2.32. The molecule has 0 bridgehead atoms. The Bertz CT molecular complexity index is 395. The number of anilines is 1. The summed E-state index contributed by atoms with van der Waals surface area (Å²) in [5, 5.41) is 12.2. The number of rotatable bonds is 4. The van der Waals surface area contributed by atoms with Gasteiger partial charge in [-0.1, -0.05) is 0 Å². The lowest BCUT2D eigenvalue weighted by atomic mass is 9.97. The monoisotopic (exact) mass is 248 g/mol. The van der Waals surface area contributed by atoms with Crippen molar-refractivity contribution in [3.8, 4) is 0 Å². The van der Waals surface area contributed by atoms with Gasteiger partial charge in [-0.25, -0.2) is 4.79 Å². The van der Waals surface area contributed by atoms with E-state index in [1.807, 2.05) is 12.1 Å². The maximum atomic E-state index is 10.7. The van der Waals surface area contributed by atoms with Crippen LogP contribution >= 0.6 is 0 Å². The van der Waals surface area contributed by atoms with Gasteiger partial charge in [0.25, 0.3) is 0 Å². The molecule has 98 valence electrons. The second-order valence-corrected chi connectivity index (χ2v) is 5.01. The quantitative estimate of drug-likeness (QED) is 0.857. The molecule has 18 heavy (non-hydrogen) atoms. The average molecular weight is 248 g/mol. The minimum absolute atomic E-state index is 0.333. The first-order valence-corrected chi connectivity index (χ1v) is 6.41. The fraction of sp³-hybridized carbons (Fsp3) is 0.500. The van der Waals surface area contributed by atoms with Crippen molar-refractivity contribution in [2.24, 2.45) is 5.92 Å². The minimum Gasteiger partial charge on any atom is -0.478 e. The maximum Gasteiger partial charge on any atom is 0.335 e. The van der Waals surface area contributed by atoms with E-state index in [9.17, 15) is 4.79 Å². The summed E-state index contributed by atoms with van der Waals surface area (Å²) in [4.78, 5) is 13.1. The molecule has 2 N–H and O–H groups in total. The first-order chi connectivity index (χ1) is 8.65. The Hall–Kier alpha value is -1.55. The number of likely N-dealkylation sites (tertiary alicyclic amines) is 1. The van der Waals surface area contributed by atoms with E-state index >= 15 is 0 Å². The average Bonchev–Trinajstić information content (AvgIpc) is 2.38. The van der Waals surface area contributed by atoms with Gasteiger partial charge in [0, 0.05) is 12.2 Å². The summed E-state index contributed by atoms with van der Waals surface area (Å²) in [5.74, 6) is -0.155. The predicted octanol–water partition coefficient (Wildman–Crippen LogP) is 2.14. The number of hydrogen-bond acceptors (Lipinski definition) is 3. The first-order valence-electron chi connectivity index (χ1n) is 6.41. The number of nitrogens with one attached hydrogen (secondary N) is 1. The van der Waals surface area contributed by atoms with Gasteiger partial charge in [-0.2, -0.15) is 0 Å². The molecule has 4 heteroatoms. The van der Waals surface area contributed by atoms with E-state index in [1.165, 1.54) is 25.9 Å². The molecule has 0 amide bonds. The molecule has 0 saturated carbocycles. The van der Waals surface area contributed by atoms with Crippen LogP contribution in [0.5, 0.6) is 0 Å². The number of carbonyl (C=O) groups is 1. The smallest absolute Gasteiger partial charge is 0.335 e. The Morgan fingerprint density at radius 2 is 1.94 bits per heavy atom. The molecular formula is C14H20N2O2. The SMILES string of the molecule is CN1CCC(CNc2ccc(C(=O)O)cc2)CC1. The maximum absolute atomic E-state index is 10.7. The zero-order valence-corrected chi connectivity index (χ0v) is 10.7. The topological polar surface area (TPSA) is 52.6 Å². The van der Waals surface area contributed by atoms with Crippen LogP contribution in [-0.2, 0) is 0 Å². The number of piperidine rings is 1. The zero-order chi connectivity index (χ0) is 13.0. The van der Waals surface area contributed by atoms with E-state index < -0.39 is 5.97 Å². The summed E-state index contributed by atoms with van der Waals surface area (Å²) in [6, 6.07) is 6.94. The van der Waals surface area contributed by atoms with Gasteiger partial charge in [-0.3, -0.25) is 0 Å². The van der Waals surface area contributed by atoms with Crippen molar-refractivity contribution >= 4 is 11.7 Å². The predicted molar refractivity (Wildman–Crippen MR) is 72.1 cm³/mol. The van der Waals surface area contributed by atoms with Gasteiger partial charge in [0.15, 0.2) is 0 Å². The van der Waals surface area contributed by atoms with Crippen molar-refractivity contribution in [3.63, 3.8) is 0 Å². The number of aromatic carboxylic acids is 1. The van der Waals surface area contributed by atoms with E-state index in [-0.39, 0.29) is 0 Å². The van der Waals surface area contributed by atoms with Crippen LogP contribution in [0.4, 0.5) is 5.69 Å². The Kier molecular flexibility index (Phi) is 4.20. The minimum atomic E-state index is -0.878.